The van der Waals surface area contributed by atoms with Gasteiger partial charge in [0.25, 0.3) is 0 Å². The van der Waals surface area contributed by atoms with Crippen LogP contribution in [0.5, 0.6) is 0 Å². The van der Waals surface area contributed by atoms with Gasteiger partial charge in [-0.2, -0.15) is 0 Å². The number of hydrogen-bond donors (Lipinski definition) is 0. The third-order valence-electron chi connectivity index (χ3n) is 3.61. The number of benzene rings is 3. The molecule has 0 aliphatic rings. The van der Waals surface area contributed by atoms with E-state index in [9.17, 15) is 0 Å². The fourth-order valence-electron chi connectivity index (χ4n) is 2.50. The van der Waals surface area contributed by atoms with Gasteiger partial charge in [-0.3, -0.25) is 0 Å². The molecule has 0 bridgehead atoms. The molecular formula is C19H13NO. The average molecular weight is 271 g/mol. The van der Waals surface area contributed by atoms with Gasteiger partial charge in [-0.05, 0) is 16.8 Å². The first-order valence-electron chi connectivity index (χ1n) is 6.91. The van der Waals surface area contributed by atoms with Gasteiger partial charge in [-0.25, -0.2) is 0 Å². The molecule has 0 radical (unpaired) electrons. The second-order valence-corrected chi connectivity index (χ2v) is 5.00. The minimum atomic E-state index is 0.791. The second-order valence-electron chi connectivity index (χ2n) is 5.00. The number of hydrogen-bond acceptors (Lipinski definition) is 2. The molecule has 0 N–H and O–H groups in total. The van der Waals surface area contributed by atoms with Crippen molar-refractivity contribution in [3.05, 3.63) is 78.9 Å². The molecule has 0 unspecified atom stereocenters. The predicted molar refractivity (Wildman–Crippen MR) is 84.9 cm³/mol. The SMILES string of the molecule is c1ccc(-c2cc(-c3ccc4ccccc4c3)no2)cc1. The van der Waals surface area contributed by atoms with Crippen LogP contribution in [0.4, 0.5) is 0 Å². The molecule has 2 heteroatoms. The monoisotopic (exact) mass is 271 g/mol. The summed E-state index contributed by atoms with van der Waals surface area (Å²) in [5, 5.41) is 6.63. The first kappa shape index (κ1) is 11.9. The Bertz CT molecular complexity index is 894. The predicted octanol–water partition coefficient (Wildman–Crippen LogP) is 5.16. The zero-order valence-electron chi connectivity index (χ0n) is 11.4. The minimum absolute atomic E-state index is 0.791. The molecule has 4 rings (SSSR count). The highest BCUT2D eigenvalue weighted by Gasteiger charge is 2.08. The van der Waals surface area contributed by atoms with Crippen molar-refractivity contribution in [3.63, 3.8) is 0 Å². The maximum Gasteiger partial charge on any atom is 0.167 e. The molecule has 3 aromatic carbocycles. The van der Waals surface area contributed by atoms with E-state index < -0.39 is 0 Å². The lowest BCUT2D eigenvalue weighted by Gasteiger charge is -1.99. The molecule has 4 aromatic rings. The molecular weight excluding hydrogens is 258 g/mol. The Kier molecular flexibility index (Phi) is 2.79. The van der Waals surface area contributed by atoms with Gasteiger partial charge in [-0.15, -0.1) is 0 Å². The number of rotatable bonds is 2. The standard InChI is InChI=1S/C19H13NO/c1-2-7-15(8-3-1)19-13-18(20-21-19)17-11-10-14-6-4-5-9-16(14)12-17/h1-13H. The Morgan fingerprint density at radius 1 is 0.619 bits per heavy atom. The molecule has 0 spiro atoms. The smallest absolute Gasteiger partial charge is 0.167 e. The van der Waals surface area contributed by atoms with Crippen LogP contribution >= 0.6 is 0 Å². The normalized spacial score (nSPS) is 10.9. The molecule has 21 heavy (non-hydrogen) atoms. The Morgan fingerprint density at radius 3 is 2.24 bits per heavy atom. The zero-order valence-corrected chi connectivity index (χ0v) is 11.4. The van der Waals surface area contributed by atoms with Crippen molar-refractivity contribution in [3.8, 4) is 22.6 Å². The highest BCUT2D eigenvalue weighted by Crippen LogP contribution is 2.27. The summed E-state index contributed by atoms with van der Waals surface area (Å²) in [7, 11) is 0. The van der Waals surface area contributed by atoms with E-state index in [0.717, 1.165) is 22.6 Å². The van der Waals surface area contributed by atoms with Crippen LogP contribution in [0, 0.1) is 0 Å². The van der Waals surface area contributed by atoms with Crippen molar-refractivity contribution in [1.29, 1.82) is 0 Å². The van der Waals surface area contributed by atoms with E-state index in [1.165, 1.54) is 10.8 Å². The number of aromatic nitrogens is 1. The molecule has 0 fully saturated rings. The van der Waals surface area contributed by atoms with Gasteiger partial charge >= 0.3 is 0 Å². The molecule has 1 aromatic heterocycles. The fraction of sp³-hybridized carbons (Fsp3) is 0. The van der Waals surface area contributed by atoms with Gasteiger partial charge in [0.05, 0.1) is 0 Å². The van der Waals surface area contributed by atoms with Crippen LogP contribution in [-0.2, 0) is 0 Å². The Morgan fingerprint density at radius 2 is 1.38 bits per heavy atom. The third-order valence-corrected chi connectivity index (χ3v) is 3.61. The van der Waals surface area contributed by atoms with E-state index >= 15 is 0 Å². The minimum Gasteiger partial charge on any atom is -0.356 e. The van der Waals surface area contributed by atoms with Gasteiger partial charge in [0, 0.05) is 17.2 Å². The second kappa shape index (κ2) is 4.91. The van der Waals surface area contributed by atoms with Crippen molar-refractivity contribution in [2.75, 3.05) is 0 Å². The molecule has 0 aliphatic carbocycles. The van der Waals surface area contributed by atoms with Gasteiger partial charge in [0.1, 0.15) is 5.69 Å². The van der Waals surface area contributed by atoms with Crippen LogP contribution in [0.2, 0.25) is 0 Å². The Hall–Kier alpha value is -2.87. The molecule has 100 valence electrons. The maximum absolute atomic E-state index is 5.47. The van der Waals surface area contributed by atoms with Crippen molar-refractivity contribution in [2.24, 2.45) is 0 Å². The van der Waals surface area contributed by atoms with Crippen molar-refractivity contribution in [1.82, 2.24) is 5.16 Å². The zero-order chi connectivity index (χ0) is 14.1. The maximum atomic E-state index is 5.47. The van der Waals surface area contributed by atoms with Gasteiger partial charge < -0.3 is 4.52 Å². The lowest BCUT2D eigenvalue weighted by Crippen LogP contribution is -1.78. The summed E-state index contributed by atoms with van der Waals surface area (Å²) in [6.45, 7) is 0. The molecule has 0 saturated heterocycles. The highest BCUT2D eigenvalue weighted by molar-refractivity contribution is 5.87. The van der Waals surface area contributed by atoms with Crippen LogP contribution in [0.3, 0.4) is 0 Å². The van der Waals surface area contributed by atoms with Crippen LogP contribution in [0.1, 0.15) is 0 Å². The summed E-state index contributed by atoms with van der Waals surface area (Å²) < 4.78 is 5.47. The lowest BCUT2D eigenvalue weighted by molar-refractivity contribution is 0.435. The van der Waals surface area contributed by atoms with Gasteiger partial charge in [0.2, 0.25) is 0 Å². The van der Waals surface area contributed by atoms with E-state index in [2.05, 4.69) is 35.5 Å². The van der Waals surface area contributed by atoms with E-state index in [1.807, 2.05) is 48.5 Å². The van der Waals surface area contributed by atoms with E-state index in [0.29, 0.717) is 0 Å². The van der Waals surface area contributed by atoms with Crippen molar-refractivity contribution >= 4 is 10.8 Å². The summed E-state index contributed by atoms with van der Waals surface area (Å²) in [5.74, 6) is 0.791. The average Bonchev–Trinajstić information content (AvgIpc) is 3.05. The Balaban J connectivity index is 1.77. The summed E-state index contributed by atoms with van der Waals surface area (Å²) in [6.07, 6.45) is 0. The lowest BCUT2D eigenvalue weighted by atomic mass is 10.0. The summed E-state index contributed by atoms with van der Waals surface area (Å²) >= 11 is 0. The topological polar surface area (TPSA) is 26.0 Å². The molecule has 1 heterocycles. The van der Waals surface area contributed by atoms with E-state index in [-0.39, 0.29) is 0 Å². The molecule has 0 atom stereocenters. The number of fused-ring (bicyclic) bond motifs is 1. The summed E-state index contributed by atoms with van der Waals surface area (Å²) in [6, 6.07) is 26.6. The fourth-order valence-corrected chi connectivity index (χ4v) is 2.50. The molecule has 0 aliphatic heterocycles. The third kappa shape index (κ3) is 2.21. The van der Waals surface area contributed by atoms with Crippen LogP contribution in [-0.4, -0.2) is 5.16 Å². The van der Waals surface area contributed by atoms with E-state index in [1.54, 1.807) is 0 Å². The molecule has 0 amide bonds. The summed E-state index contributed by atoms with van der Waals surface area (Å²) in [4.78, 5) is 0. The van der Waals surface area contributed by atoms with E-state index in [4.69, 9.17) is 4.52 Å². The molecule has 2 nitrogen and oxygen atoms in total. The number of nitrogens with zero attached hydrogens (tertiary/aromatic N) is 1. The van der Waals surface area contributed by atoms with Crippen LogP contribution in [0.25, 0.3) is 33.4 Å². The molecule has 0 saturated carbocycles. The van der Waals surface area contributed by atoms with Crippen molar-refractivity contribution < 1.29 is 4.52 Å². The van der Waals surface area contributed by atoms with Crippen LogP contribution < -0.4 is 0 Å². The largest absolute Gasteiger partial charge is 0.356 e. The first-order chi connectivity index (χ1) is 10.4. The quantitative estimate of drug-likeness (QED) is 0.503. The highest BCUT2D eigenvalue weighted by atomic mass is 16.5. The van der Waals surface area contributed by atoms with Crippen molar-refractivity contribution in [2.45, 2.75) is 0 Å². The first-order valence-corrected chi connectivity index (χ1v) is 6.91. The van der Waals surface area contributed by atoms with Crippen LogP contribution in [0.15, 0.2) is 83.4 Å². The van der Waals surface area contributed by atoms with Gasteiger partial charge in [0.15, 0.2) is 5.76 Å². The Labute approximate surface area is 122 Å². The summed E-state index contributed by atoms with van der Waals surface area (Å²) in [5.41, 5.74) is 2.97. The van der Waals surface area contributed by atoms with Gasteiger partial charge in [-0.1, -0.05) is 71.9 Å².